The first-order valence-corrected chi connectivity index (χ1v) is 13.5. The Hall–Kier alpha value is -2.88. The van der Waals surface area contributed by atoms with Gasteiger partial charge in [0.05, 0.1) is 11.9 Å². The highest BCUT2D eigenvalue weighted by molar-refractivity contribution is 8.00. The highest BCUT2D eigenvalue weighted by atomic mass is 32.2. The Morgan fingerprint density at radius 1 is 1.14 bits per heavy atom. The van der Waals surface area contributed by atoms with Crippen molar-refractivity contribution in [2.75, 3.05) is 12.4 Å². The monoisotopic (exact) mass is 526 g/mol. The molecule has 0 aliphatic carbocycles. The van der Waals surface area contributed by atoms with Crippen LogP contribution in [0.2, 0.25) is 0 Å². The van der Waals surface area contributed by atoms with Gasteiger partial charge < -0.3 is 26.4 Å². The molecule has 200 valence electrons. The minimum atomic E-state index is -1.53. The first-order chi connectivity index (χ1) is 17.5. The zero-order valence-electron chi connectivity index (χ0n) is 21.9. The Morgan fingerprint density at radius 2 is 1.78 bits per heavy atom. The molecule has 0 aromatic heterocycles. The standard InChI is InChI=1S/C28H38N4O4S/c1-18-10-8-9-13-21(18)16-30-26(35)24-28(3,4)37-17-32(24)27(36)23(33)22(31-25(34)19(2)15-29)14-20-11-6-5-7-12-20/h5-13,19,22-24,33H,14-17,29H2,1-4H3,(H,30,35)(H,31,34). The van der Waals surface area contributed by atoms with Crippen molar-refractivity contribution in [3.8, 4) is 0 Å². The van der Waals surface area contributed by atoms with Gasteiger partial charge in [-0.1, -0.05) is 61.5 Å². The van der Waals surface area contributed by atoms with E-state index in [4.69, 9.17) is 5.73 Å². The number of nitrogens with one attached hydrogen (secondary N) is 2. The lowest BCUT2D eigenvalue weighted by atomic mass is 9.96. The van der Waals surface area contributed by atoms with Crippen LogP contribution in [-0.2, 0) is 27.3 Å². The topological polar surface area (TPSA) is 125 Å². The van der Waals surface area contributed by atoms with Gasteiger partial charge in [0.1, 0.15) is 6.04 Å². The Bertz CT molecular complexity index is 1090. The summed E-state index contributed by atoms with van der Waals surface area (Å²) in [6.07, 6.45) is -1.28. The molecule has 4 atom stereocenters. The molecule has 3 rings (SSSR count). The molecule has 4 unspecified atom stereocenters. The van der Waals surface area contributed by atoms with Gasteiger partial charge >= 0.3 is 0 Å². The number of thioether (sulfide) groups is 1. The SMILES string of the molecule is Cc1ccccc1CNC(=O)C1N(C(=O)C(O)C(Cc2ccccc2)NC(=O)C(C)CN)CSC1(C)C. The van der Waals surface area contributed by atoms with Crippen molar-refractivity contribution >= 4 is 29.5 Å². The Morgan fingerprint density at radius 3 is 2.43 bits per heavy atom. The van der Waals surface area contributed by atoms with Crippen molar-refractivity contribution in [1.82, 2.24) is 15.5 Å². The van der Waals surface area contributed by atoms with E-state index in [2.05, 4.69) is 10.6 Å². The van der Waals surface area contributed by atoms with E-state index in [-0.39, 0.29) is 30.7 Å². The molecule has 8 nitrogen and oxygen atoms in total. The van der Waals surface area contributed by atoms with Crippen molar-refractivity contribution in [2.45, 2.75) is 63.6 Å². The van der Waals surface area contributed by atoms with Gasteiger partial charge in [-0.25, -0.2) is 0 Å². The van der Waals surface area contributed by atoms with Crippen molar-refractivity contribution in [2.24, 2.45) is 11.7 Å². The van der Waals surface area contributed by atoms with Gasteiger partial charge in [-0.2, -0.15) is 0 Å². The first kappa shape index (κ1) is 28.7. The molecule has 1 heterocycles. The predicted molar refractivity (Wildman–Crippen MR) is 146 cm³/mol. The zero-order chi connectivity index (χ0) is 27.2. The van der Waals surface area contributed by atoms with Crippen molar-refractivity contribution in [1.29, 1.82) is 0 Å². The molecule has 0 spiro atoms. The van der Waals surface area contributed by atoms with Crippen LogP contribution in [0.15, 0.2) is 54.6 Å². The van der Waals surface area contributed by atoms with E-state index < -0.39 is 34.8 Å². The Balaban J connectivity index is 1.79. The van der Waals surface area contributed by atoms with Gasteiger partial charge in [0.25, 0.3) is 5.91 Å². The third-order valence-electron chi connectivity index (χ3n) is 6.85. The van der Waals surface area contributed by atoms with Gasteiger partial charge in [-0.3, -0.25) is 14.4 Å². The fourth-order valence-electron chi connectivity index (χ4n) is 4.38. The van der Waals surface area contributed by atoms with Crippen LogP contribution in [0.4, 0.5) is 0 Å². The molecule has 1 fully saturated rings. The minimum Gasteiger partial charge on any atom is -0.381 e. The summed E-state index contributed by atoms with van der Waals surface area (Å²) in [6, 6.07) is 15.5. The second-order valence-corrected chi connectivity index (χ2v) is 11.7. The van der Waals surface area contributed by atoms with Gasteiger partial charge in [0.15, 0.2) is 6.10 Å². The third-order valence-corrected chi connectivity index (χ3v) is 8.23. The number of hydrogen-bond donors (Lipinski definition) is 4. The van der Waals surface area contributed by atoms with Gasteiger partial charge in [-0.05, 0) is 43.9 Å². The highest BCUT2D eigenvalue weighted by Crippen LogP contribution is 2.40. The number of aliphatic hydroxyl groups is 1. The number of nitrogens with two attached hydrogens (primary N) is 1. The van der Waals surface area contributed by atoms with Crippen LogP contribution < -0.4 is 16.4 Å². The average molecular weight is 527 g/mol. The van der Waals surface area contributed by atoms with Crippen LogP contribution in [0.5, 0.6) is 0 Å². The molecular weight excluding hydrogens is 488 g/mol. The van der Waals surface area contributed by atoms with E-state index in [0.717, 1.165) is 16.7 Å². The molecule has 0 saturated carbocycles. The maximum absolute atomic E-state index is 13.6. The minimum absolute atomic E-state index is 0.147. The number of nitrogens with zero attached hydrogens (tertiary/aromatic N) is 1. The van der Waals surface area contributed by atoms with E-state index in [1.807, 2.05) is 75.4 Å². The number of carbonyl (C=O) groups excluding carboxylic acids is 3. The van der Waals surface area contributed by atoms with Crippen LogP contribution in [-0.4, -0.2) is 63.1 Å². The summed E-state index contributed by atoms with van der Waals surface area (Å²) in [5.41, 5.74) is 8.58. The summed E-state index contributed by atoms with van der Waals surface area (Å²) in [5.74, 6) is -1.41. The molecule has 2 aromatic rings. The average Bonchev–Trinajstić information content (AvgIpc) is 3.21. The molecule has 0 radical (unpaired) electrons. The Labute approximate surface area is 223 Å². The second kappa shape index (κ2) is 12.6. The number of aryl methyl sites for hydroxylation is 1. The maximum Gasteiger partial charge on any atom is 0.254 e. The van der Waals surface area contributed by atoms with E-state index in [0.29, 0.717) is 6.54 Å². The maximum atomic E-state index is 13.6. The number of rotatable bonds is 10. The molecular formula is C28H38N4O4S. The molecule has 1 saturated heterocycles. The van der Waals surface area contributed by atoms with Crippen LogP contribution in [0.1, 0.15) is 37.5 Å². The summed E-state index contributed by atoms with van der Waals surface area (Å²) in [7, 11) is 0. The second-order valence-electron chi connectivity index (χ2n) is 10.1. The predicted octanol–water partition coefficient (Wildman–Crippen LogP) is 1.97. The molecule has 1 aliphatic rings. The van der Waals surface area contributed by atoms with Gasteiger partial charge in [-0.15, -0.1) is 11.8 Å². The van der Waals surface area contributed by atoms with E-state index in [9.17, 15) is 19.5 Å². The summed E-state index contributed by atoms with van der Waals surface area (Å²) >= 11 is 1.48. The molecule has 0 bridgehead atoms. The summed E-state index contributed by atoms with van der Waals surface area (Å²) < 4.78 is -0.558. The first-order valence-electron chi connectivity index (χ1n) is 12.5. The summed E-state index contributed by atoms with van der Waals surface area (Å²) in [5, 5.41) is 17.0. The van der Waals surface area contributed by atoms with Crippen LogP contribution >= 0.6 is 11.8 Å². The van der Waals surface area contributed by atoms with Crippen molar-refractivity contribution in [3.05, 3.63) is 71.3 Å². The van der Waals surface area contributed by atoms with E-state index >= 15 is 0 Å². The largest absolute Gasteiger partial charge is 0.381 e. The number of aliphatic hydroxyl groups excluding tert-OH is 1. The lowest BCUT2D eigenvalue weighted by Gasteiger charge is -2.33. The number of carbonyl (C=O) groups is 3. The summed E-state index contributed by atoms with van der Waals surface area (Å²) in [6.45, 7) is 8.00. The zero-order valence-corrected chi connectivity index (χ0v) is 22.8. The quantitative estimate of drug-likeness (QED) is 0.375. The molecule has 5 N–H and O–H groups in total. The van der Waals surface area contributed by atoms with Gasteiger partial charge in [0.2, 0.25) is 11.8 Å². The molecule has 37 heavy (non-hydrogen) atoms. The van der Waals surface area contributed by atoms with Crippen molar-refractivity contribution < 1.29 is 19.5 Å². The van der Waals surface area contributed by atoms with Crippen LogP contribution in [0, 0.1) is 12.8 Å². The highest BCUT2D eigenvalue weighted by Gasteiger charge is 2.49. The van der Waals surface area contributed by atoms with Crippen molar-refractivity contribution in [3.63, 3.8) is 0 Å². The van der Waals surface area contributed by atoms with E-state index in [1.54, 1.807) is 6.92 Å². The van der Waals surface area contributed by atoms with Crippen LogP contribution in [0.3, 0.4) is 0 Å². The van der Waals surface area contributed by atoms with Gasteiger partial charge in [0, 0.05) is 23.8 Å². The molecule has 9 heteroatoms. The molecule has 2 aromatic carbocycles. The lowest BCUT2D eigenvalue weighted by Crippen LogP contribution is -2.59. The van der Waals surface area contributed by atoms with Crippen LogP contribution in [0.25, 0.3) is 0 Å². The molecule has 3 amide bonds. The molecule has 1 aliphatic heterocycles. The smallest absolute Gasteiger partial charge is 0.254 e. The lowest BCUT2D eigenvalue weighted by molar-refractivity contribution is -0.148. The fraction of sp³-hybridized carbons (Fsp3) is 0.464. The fourth-order valence-corrected chi connectivity index (χ4v) is 5.52. The number of amides is 3. The summed E-state index contributed by atoms with van der Waals surface area (Å²) in [4.78, 5) is 41.1. The normalized spacial score (nSPS) is 19.1. The third kappa shape index (κ3) is 7.12. The number of benzene rings is 2. The van der Waals surface area contributed by atoms with E-state index in [1.165, 1.54) is 16.7 Å². The number of hydrogen-bond acceptors (Lipinski definition) is 6. The Kier molecular flexibility index (Phi) is 9.75.